The minimum Gasteiger partial charge on any atom is -0.491 e. The number of benzene rings is 1. The fourth-order valence-electron chi connectivity index (χ4n) is 6.91. The molecule has 2 atom stereocenters. The summed E-state index contributed by atoms with van der Waals surface area (Å²) < 4.78 is 40.7. The number of ether oxygens (including phenoxy) is 2. The molecule has 3 aliphatic rings. The third kappa shape index (κ3) is 6.22. The lowest BCUT2D eigenvalue weighted by Gasteiger charge is -2.41. The lowest BCUT2D eigenvalue weighted by molar-refractivity contribution is -0.0732. The number of hydrogen-bond acceptors (Lipinski definition) is 2. The first-order valence-corrected chi connectivity index (χ1v) is 13.9. The summed E-state index contributed by atoms with van der Waals surface area (Å²) in [5.74, 6) is 1.55. The molecular formula is C30H44F2O2. The van der Waals surface area contributed by atoms with E-state index in [0.717, 1.165) is 44.1 Å². The molecule has 2 saturated carbocycles. The summed E-state index contributed by atoms with van der Waals surface area (Å²) in [5.41, 5.74) is 0.528. The van der Waals surface area contributed by atoms with E-state index in [1.165, 1.54) is 51.4 Å². The van der Waals surface area contributed by atoms with Crippen molar-refractivity contribution < 1.29 is 18.3 Å². The van der Waals surface area contributed by atoms with E-state index in [-0.39, 0.29) is 11.7 Å². The second-order valence-corrected chi connectivity index (χ2v) is 11.0. The summed E-state index contributed by atoms with van der Waals surface area (Å²) >= 11 is 0. The van der Waals surface area contributed by atoms with Crippen LogP contribution in [-0.2, 0) is 4.74 Å². The normalized spacial score (nSPS) is 32.7. The van der Waals surface area contributed by atoms with Crippen LogP contribution in [0, 0.1) is 35.3 Å². The van der Waals surface area contributed by atoms with Gasteiger partial charge in [-0.2, -0.15) is 4.39 Å². The Labute approximate surface area is 205 Å². The monoisotopic (exact) mass is 474 g/mol. The van der Waals surface area contributed by atoms with Gasteiger partial charge in [-0.25, -0.2) is 4.39 Å². The molecule has 2 nitrogen and oxygen atoms in total. The van der Waals surface area contributed by atoms with Crippen LogP contribution in [0.25, 0.3) is 0 Å². The zero-order valence-corrected chi connectivity index (χ0v) is 21.2. The SMILES string of the molecule is C/C=C/CCC1CCC(C2CCC(C3CCC(c4ccc(OCC)c(F)c4F)CC3)CO2)CC1. The molecule has 1 aromatic carbocycles. The van der Waals surface area contributed by atoms with Crippen molar-refractivity contribution in [1.29, 1.82) is 0 Å². The molecule has 1 heterocycles. The van der Waals surface area contributed by atoms with E-state index < -0.39 is 11.6 Å². The minimum atomic E-state index is -0.833. The van der Waals surface area contributed by atoms with Crippen LogP contribution in [0.15, 0.2) is 24.3 Å². The van der Waals surface area contributed by atoms with Crippen LogP contribution >= 0.6 is 0 Å². The van der Waals surface area contributed by atoms with Gasteiger partial charge in [0.25, 0.3) is 0 Å². The van der Waals surface area contributed by atoms with Gasteiger partial charge in [0.15, 0.2) is 11.6 Å². The molecular weight excluding hydrogens is 430 g/mol. The summed E-state index contributed by atoms with van der Waals surface area (Å²) in [5, 5.41) is 0. The van der Waals surface area contributed by atoms with Crippen LogP contribution in [0.5, 0.6) is 5.75 Å². The summed E-state index contributed by atoms with van der Waals surface area (Å²) in [7, 11) is 0. The van der Waals surface area contributed by atoms with E-state index in [2.05, 4.69) is 19.1 Å². The highest BCUT2D eigenvalue weighted by Gasteiger charge is 2.36. The Morgan fingerprint density at radius 1 is 0.882 bits per heavy atom. The molecule has 0 bridgehead atoms. The van der Waals surface area contributed by atoms with Crippen LogP contribution in [0.2, 0.25) is 0 Å². The molecule has 4 heteroatoms. The topological polar surface area (TPSA) is 18.5 Å². The fourth-order valence-corrected chi connectivity index (χ4v) is 6.91. The van der Waals surface area contributed by atoms with Crippen LogP contribution < -0.4 is 4.74 Å². The van der Waals surface area contributed by atoms with Gasteiger partial charge in [0, 0.05) is 0 Å². The van der Waals surface area contributed by atoms with Gasteiger partial charge in [0.2, 0.25) is 5.82 Å². The van der Waals surface area contributed by atoms with Crippen molar-refractivity contribution in [2.24, 2.45) is 23.7 Å². The zero-order valence-electron chi connectivity index (χ0n) is 21.2. The van der Waals surface area contributed by atoms with Gasteiger partial charge in [0.05, 0.1) is 19.3 Å². The number of allylic oxidation sites excluding steroid dienone is 2. The maximum absolute atomic E-state index is 14.7. The molecule has 1 aliphatic heterocycles. The first-order chi connectivity index (χ1) is 16.6. The van der Waals surface area contributed by atoms with Crippen LogP contribution in [0.4, 0.5) is 8.78 Å². The highest BCUT2D eigenvalue weighted by Crippen LogP contribution is 2.44. The van der Waals surface area contributed by atoms with Crippen LogP contribution in [-0.4, -0.2) is 19.3 Å². The molecule has 0 N–H and O–H groups in total. The Morgan fingerprint density at radius 2 is 1.59 bits per heavy atom. The lowest BCUT2D eigenvalue weighted by atomic mass is 9.71. The highest BCUT2D eigenvalue weighted by atomic mass is 19.2. The van der Waals surface area contributed by atoms with Crippen LogP contribution in [0.1, 0.15) is 102 Å². The van der Waals surface area contributed by atoms with Gasteiger partial charge in [-0.1, -0.05) is 31.1 Å². The summed E-state index contributed by atoms with van der Waals surface area (Å²) in [6.07, 6.45) is 19.5. The van der Waals surface area contributed by atoms with Crippen molar-refractivity contribution in [1.82, 2.24) is 0 Å². The van der Waals surface area contributed by atoms with E-state index >= 15 is 0 Å². The second-order valence-electron chi connectivity index (χ2n) is 11.0. The predicted molar refractivity (Wildman–Crippen MR) is 134 cm³/mol. The summed E-state index contributed by atoms with van der Waals surface area (Å²) in [6.45, 7) is 5.12. The van der Waals surface area contributed by atoms with Crippen molar-refractivity contribution in [3.05, 3.63) is 41.5 Å². The standard InChI is InChI=1S/C30H44F2O2/c1-3-5-6-7-21-8-10-24(11-9-21)27-18-16-25(20-34-27)22-12-14-23(15-13-22)26-17-19-28(33-4-2)30(32)29(26)31/h3,5,17,19,21-25,27H,4,6-16,18,20H2,1-2H3/b5-3+. The summed E-state index contributed by atoms with van der Waals surface area (Å²) in [4.78, 5) is 0. The Hall–Kier alpha value is -1.42. The Kier molecular flexibility index (Phi) is 9.45. The number of rotatable bonds is 8. The Morgan fingerprint density at radius 3 is 2.24 bits per heavy atom. The second kappa shape index (κ2) is 12.5. The third-order valence-corrected chi connectivity index (χ3v) is 9.00. The third-order valence-electron chi connectivity index (χ3n) is 9.00. The van der Waals surface area contributed by atoms with Gasteiger partial charge in [-0.05, 0) is 119 Å². The molecule has 2 aliphatic carbocycles. The smallest absolute Gasteiger partial charge is 0.200 e. The number of halogens is 2. The van der Waals surface area contributed by atoms with Gasteiger partial charge in [0.1, 0.15) is 0 Å². The molecule has 0 radical (unpaired) electrons. The number of hydrogen-bond donors (Lipinski definition) is 0. The maximum Gasteiger partial charge on any atom is 0.200 e. The largest absolute Gasteiger partial charge is 0.491 e. The maximum atomic E-state index is 14.7. The molecule has 2 unspecified atom stereocenters. The molecule has 4 rings (SSSR count). The van der Waals surface area contributed by atoms with Gasteiger partial charge < -0.3 is 9.47 Å². The molecule has 0 spiro atoms. The Bertz CT molecular complexity index is 783. The van der Waals surface area contributed by atoms with E-state index in [4.69, 9.17) is 9.47 Å². The molecule has 0 amide bonds. The van der Waals surface area contributed by atoms with Gasteiger partial charge >= 0.3 is 0 Å². The van der Waals surface area contributed by atoms with Crippen LogP contribution in [0.3, 0.4) is 0 Å². The average Bonchev–Trinajstić information content (AvgIpc) is 2.88. The summed E-state index contributed by atoms with van der Waals surface area (Å²) in [6, 6.07) is 3.33. The van der Waals surface area contributed by atoms with E-state index in [1.54, 1.807) is 19.1 Å². The predicted octanol–water partition coefficient (Wildman–Crippen LogP) is 8.60. The van der Waals surface area contributed by atoms with Crippen molar-refractivity contribution in [2.75, 3.05) is 13.2 Å². The molecule has 1 saturated heterocycles. The Balaban J connectivity index is 1.20. The lowest BCUT2D eigenvalue weighted by Crippen LogP contribution is -2.37. The average molecular weight is 475 g/mol. The molecule has 190 valence electrons. The van der Waals surface area contributed by atoms with Gasteiger partial charge in [-0.15, -0.1) is 0 Å². The first kappa shape index (κ1) is 25.7. The van der Waals surface area contributed by atoms with Crippen molar-refractivity contribution in [2.45, 2.75) is 103 Å². The zero-order chi connectivity index (χ0) is 23.9. The van der Waals surface area contributed by atoms with E-state index in [0.29, 0.717) is 30.1 Å². The fraction of sp³-hybridized carbons (Fsp3) is 0.733. The highest BCUT2D eigenvalue weighted by molar-refractivity contribution is 5.33. The van der Waals surface area contributed by atoms with E-state index in [9.17, 15) is 8.78 Å². The molecule has 3 fully saturated rings. The first-order valence-electron chi connectivity index (χ1n) is 13.9. The van der Waals surface area contributed by atoms with Gasteiger partial charge in [-0.3, -0.25) is 0 Å². The molecule has 34 heavy (non-hydrogen) atoms. The van der Waals surface area contributed by atoms with Crippen molar-refractivity contribution in [3.8, 4) is 5.75 Å². The van der Waals surface area contributed by atoms with Crippen molar-refractivity contribution >= 4 is 0 Å². The van der Waals surface area contributed by atoms with E-state index in [1.807, 2.05) is 0 Å². The molecule has 1 aromatic rings. The minimum absolute atomic E-state index is 0.0217. The molecule has 0 aromatic heterocycles. The van der Waals surface area contributed by atoms with Crippen molar-refractivity contribution in [3.63, 3.8) is 0 Å². The quantitative estimate of drug-likeness (QED) is 0.351.